The molecule has 3 rings (SSSR count). The van der Waals surface area contributed by atoms with Crippen molar-refractivity contribution in [1.82, 2.24) is 10.6 Å². The van der Waals surface area contributed by atoms with Crippen molar-refractivity contribution in [2.45, 2.75) is 26.0 Å². The van der Waals surface area contributed by atoms with Crippen LogP contribution >= 0.6 is 0 Å². The molecule has 1 heterocycles. The first-order chi connectivity index (χ1) is 11.8. The molecule has 0 aromatic heterocycles. The van der Waals surface area contributed by atoms with Crippen molar-refractivity contribution >= 4 is 0 Å². The number of ether oxygens (including phenoxy) is 1. The highest BCUT2D eigenvalue weighted by Gasteiger charge is 2.12. The van der Waals surface area contributed by atoms with E-state index in [1.54, 1.807) is 12.1 Å². The van der Waals surface area contributed by atoms with E-state index in [4.69, 9.17) is 4.74 Å². The van der Waals surface area contributed by atoms with E-state index in [1.165, 1.54) is 18.9 Å². The van der Waals surface area contributed by atoms with Crippen LogP contribution in [0.2, 0.25) is 0 Å². The molecule has 24 heavy (non-hydrogen) atoms. The van der Waals surface area contributed by atoms with Gasteiger partial charge in [-0.25, -0.2) is 4.39 Å². The summed E-state index contributed by atoms with van der Waals surface area (Å²) in [4.78, 5) is 0. The lowest BCUT2D eigenvalue weighted by molar-refractivity contribution is 0.295. The van der Waals surface area contributed by atoms with Crippen molar-refractivity contribution in [3.63, 3.8) is 0 Å². The molecule has 1 aliphatic heterocycles. The van der Waals surface area contributed by atoms with Gasteiger partial charge in [0.1, 0.15) is 18.2 Å². The molecule has 2 aromatic rings. The van der Waals surface area contributed by atoms with Crippen LogP contribution in [0.4, 0.5) is 4.39 Å². The summed E-state index contributed by atoms with van der Waals surface area (Å²) >= 11 is 0. The van der Waals surface area contributed by atoms with E-state index in [9.17, 15) is 4.39 Å². The SMILES string of the molecule is Fc1ccccc1COc1ccccc1CNCC1CCNCC1. The summed E-state index contributed by atoms with van der Waals surface area (Å²) < 4.78 is 19.6. The molecule has 128 valence electrons. The van der Waals surface area contributed by atoms with E-state index < -0.39 is 0 Å². The number of hydrogen-bond donors (Lipinski definition) is 2. The third-order valence-corrected chi connectivity index (χ3v) is 4.52. The molecule has 3 nitrogen and oxygen atoms in total. The summed E-state index contributed by atoms with van der Waals surface area (Å²) in [6.45, 7) is 4.29. The minimum atomic E-state index is -0.223. The van der Waals surface area contributed by atoms with Gasteiger partial charge in [-0.1, -0.05) is 36.4 Å². The molecule has 1 fully saturated rings. The number of halogens is 1. The van der Waals surface area contributed by atoms with Crippen molar-refractivity contribution in [2.75, 3.05) is 19.6 Å². The van der Waals surface area contributed by atoms with Crippen molar-refractivity contribution in [2.24, 2.45) is 5.92 Å². The van der Waals surface area contributed by atoms with Crippen LogP contribution in [0.15, 0.2) is 48.5 Å². The zero-order valence-electron chi connectivity index (χ0n) is 13.9. The van der Waals surface area contributed by atoms with Crippen molar-refractivity contribution in [3.05, 3.63) is 65.5 Å². The molecule has 2 aromatic carbocycles. The highest BCUT2D eigenvalue weighted by atomic mass is 19.1. The van der Waals surface area contributed by atoms with Gasteiger partial charge in [0.2, 0.25) is 0 Å². The maximum absolute atomic E-state index is 13.7. The summed E-state index contributed by atoms with van der Waals surface area (Å²) in [6, 6.07) is 14.7. The van der Waals surface area contributed by atoms with Crippen LogP contribution in [0.3, 0.4) is 0 Å². The Balaban J connectivity index is 1.53. The average Bonchev–Trinajstić information content (AvgIpc) is 2.63. The van der Waals surface area contributed by atoms with Gasteiger partial charge in [0, 0.05) is 17.7 Å². The first-order valence-corrected chi connectivity index (χ1v) is 8.68. The Morgan fingerprint density at radius 1 is 1.00 bits per heavy atom. The van der Waals surface area contributed by atoms with Gasteiger partial charge in [-0.05, 0) is 50.5 Å². The molecule has 0 atom stereocenters. The fourth-order valence-corrected chi connectivity index (χ4v) is 3.06. The summed E-state index contributed by atoms with van der Waals surface area (Å²) in [5, 5.41) is 6.93. The van der Waals surface area contributed by atoms with Gasteiger partial charge in [-0.3, -0.25) is 0 Å². The highest BCUT2D eigenvalue weighted by Crippen LogP contribution is 2.20. The second-order valence-electron chi connectivity index (χ2n) is 6.31. The molecule has 0 spiro atoms. The molecule has 0 radical (unpaired) electrons. The number of benzene rings is 2. The summed E-state index contributed by atoms with van der Waals surface area (Å²) in [6.07, 6.45) is 2.47. The van der Waals surface area contributed by atoms with Crippen LogP contribution in [0, 0.1) is 11.7 Å². The fraction of sp³-hybridized carbons (Fsp3) is 0.400. The van der Waals surface area contributed by atoms with Crippen LogP contribution in [0.1, 0.15) is 24.0 Å². The van der Waals surface area contributed by atoms with Crippen molar-refractivity contribution in [3.8, 4) is 5.75 Å². The number of para-hydroxylation sites is 1. The molecule has 0 saturated carbocycles. The molecule has 0 bridgehead atoms. The Labute approximate surface area is 143 Å². The first-order valence-electron chi connectivity index (χ1n) is 8.68. The number of piperidine rings is 1. The van der Waals surface area contributed by atoms with Crippen LogP contribution in [-0.4, -0.2) is 19.6 Å². The molecule has 0 unspecified atom stereocenters. The maximum atomic E-state index is 13.7. The normalized spacial score (nSPS) is 15.4. The molecule has 0 aliphatic carbocycles. The molecule has 4 heteroatoms. The Morgan fingerprint density at radius 2 is 1.71 bits per heavy atom. The second-order valence-corrected chi connectivity index (χ2v) is 6.31. The smallest absolute Gasteiger partial charge is 0.129 e. The molecule has 1 saturated heterocycles. The van der Waals surface area contributed by atoms with Crippen LogP contribution in [0.5, 0.6) is 5.75 Å². The lowest BCUT2D eigenvalue weighted by Crippen LogP contribution is -2.33. The summed E-state index contributed by atoms with van der Waals surface area (Å²) in [5.74, 6) is 1.34. The monoisotopic (exact) mass is 328 g/mol. The molecular weight excluding hydrogens is 303 g/mol. The minimum Gasteiger partial charge on any atom is -0.488 e. The van der Waals surface area contributed by atoms with Crippen molar-refractivity contribution in [1.29, 1.82) is 0 Å². The van der Waals surface area contributed by atoms with Gasteiger partial charge in [0.25, 0.3) is 0 Å². The Morgan fingerprint density at radius 3 is 2.50 bits per heavy atom. The predicted octanol–water partition coefficient (Wildman–Crippen LogP) is 3.49. The van der Waals surface area contributed by atoms with E-state index in [0.29, 0.717) is 5.56 Å². The third-order valence-electron chi connectivity index (χ3n) is 4.52. The van der Waals surface area contributed by atoms with Gasteiger partial charge in [0.15, 0.2) is 0 Å². The van der Waals surface area contributed by atoms with Gasteiger partial charge >= 0.3 is 0 Å². The fourth-order valence-electron chi connectivity index (χ4n) is 3.06. The zero-order chi connectivity index (χ0) is 16.6. The number of hydrogen-bond acceptors (Lipinski definition) is 3. The zero-order valence-corrected chi connectivity index (χ0v) is 13.9. The molecular formula is C20H25FN2O. The van der Waals surface area contributed by atoms with Gasteiger partial charge in [-0.15, -0.1) is 0 Å². The van der Waals surface area contributed by atoms with Gasteiger partial charge in [0.05, 0.1) is 0 Å². The maximum Gasteiger partial charge on any atom is 0.129 e. The average molecular weight is 328 g/mol. The van der Waals surface area contributed by atoms with E-state index in [1.807, 2.05) is 24.3 Å². The van der Waals surface area contributed by atoms with E-state index in [2.05, 4.69) is 16.7 Å². The quantitative estimate of drug-likeness (QED) is 0.816. The molecule has 1 aliphatic rings. The largest absolute Gasteiger partial charge is 0.488 e. The summed E-state index contributed by atoms with van der Waals surface area (Å²) in [7, 11) is 0. The molecule has 2 N–H and O–H groups in total. The topological polar surface area (TPSA) is 33.3 Å². The van der Waals surface area contributed by atoms with Crippen LogP contribution in [0.25, 0.3) is 0 Å². The molecule has 0 amide bonds. The standard InChI is InChI=1S/C20H25FN2O/c21-19-7-3-1-6-18(19)15-24-20-8-4-2-5-17(20)14-23-13-16-9-11-22-12-10-16/h1-8,16,22-23H,9-15H2. The lowest BCUT2D eigenvalue weighted by atomic mass is 9.98. The van der Waals surface area contributed by atoms with Gasteiger partial charge in [-0.2, -0.15) is 0 Å². The minimum absolute atomic E-state index is 0.223. The first kappa shape index (κ1) is 16.9. The predicted molar refractivity (Wildman–Crippen MR) is 94.5 cm³/mol. The third kappa shape index (κ3) is 4.79. The van der Waals surface area contributed by atoms with E-state index in [0.717, 1.165) is 43.4 Å². The highest BCUT2D eigenvalue weighted by molar-refractivity contribution is 5.33. The Kier molecular flexibility index (Phi) is 6.21. The Bertz CT molecular complexity index is 641. The van der Waals surface area contributed by atoms with Crippen LogP contribution in [-0.2, 0) is 13.2 Å². The number of rotatable bonds is 7. The van der Waals surface area contributed by atoms with Crippen molar-refractivity contribution < 1.29 is 9.13 Å². The van der Waals surface area contributed by atoms with E-state index >= 15 is 0 Å². The Hall–Kier alpha value is -1.91. The lowest BCUT2D eigenvalue weighted by Gasteiger charge is -2.23. The van der Waals surface area contributed by atoms with E-state index in [-0.39, 0.29) is 12.4 Å². The second kappa shape index (κ2) is 8.81. The van der Waals surface area contributed by atoms with Crippen LogP contribution < -0.4 is 15.4 Å². The number of nitrogens with one attached hydrogen (secondary N) is 2. The van der Waals surface area contributed by atoms with Gasteiger partial charge < -0.3 is 15.4 Å². The summed E-state index contributed by atoms with van der Waals surface area (Å²) in [5.41, 5.74) is 1.69.